The van der Waals surface area contributed by atoms with Gasteiger partial charge in [-0.2, -0.15) is 0 Å². The number of rotatable bonds is 11. The molecule has 7 heteroatoms. The molecule has 2 aliphatic rings. The van der Waals surface area contributed by atoms with Crippen molar-refractivity contribution in [3.05, 3.63) is 46.5 Å². The van der Waals surface area contributed by atoms with E-state index in [2.05, 4.69) is 78.4 Å². The van der Waals surface area contributed by atoms with Crippen LogP contribution in [0.2, 0.25) is 0 Å². The van der Waals surface area contributed by atoms with Gasteiger partial charge in [0.2, 0.25) is 0 Å². The second-order valence-corrected chi connectivity index (χ2v) is 10.2. The van der Waals surface area contributed by atoms with Crippen molar-refractivity contribution < 1.29 is 9.47 Å². The van der Waals surface area contributed by atoms with Crippen LogP contribution in [0.25, 0.3) is 23.0 Å². The molecule has 4 rings (SSSR count). The fourth-order valence-electron chi connectivity index (χ4n) is 4.73. The summed E-state index contributed by atoms with van der Waals surface area (Å²) in [6, 6.07) is 11.2. The van der Waals surface area contributed by atoms with Gasteiger partial charge in [0.25, 0.3) is 0 Å². The van der Waals surface area contributed by atoms with Crippen molar-refractivity contribution in [3.8, 4) is 17.0 Å². The van der Waals surface area contributed by atoms with Crippen molar-refractivity contribution in [2.24, 2.45) is 0 Å². The molecule has 0 bridgehead atoms. The van der Waals surface area contributed by atoms with Crippen LogP contribution in [0.1, 0.15) is 51.5 Å². The molecule has 1 fully saturated rings. The Labute approximate surface area is 215 Å². The number of hydrogen-bond donors (Lipinski definition) is 3. The van der Waals surface area contributed by atoms with E-state index in [1.54, 1.807) is 0 Å². The van der Waals surface area contributed by atoms with E-state index in [9.17, 15) is 0 Å². The summed E-state index contributed by atoms with van der Waals surface area (Å²) < 4.78 is 12.3. The largest absolute Gasteiger partial charge is 0.489 e. The molecule has 1 aliphatic heterocycles. The zero-order chi connectivity index (χ0) is 25.3. The smallest absolute Gasteiger partial charge is 0.133 e. The molecule has 0 unspecified atom stereocenters. The second-order valence-electron chi connectivity index (χ2n) is 10.2. The van der Waals surface area contributed by atoms with Gasteiger partial charge in [0, 0.05) is 55.8 Å². The maximum absolute atomic E-state index is 6.70. The van der Waals surface area contributed by atoms with Crippen LogP contribution in [0.5, 0.6) is 5.75 Å². The predicted octanol–water partition coefficient (Wildman–Crippen LogP) is 2.53. The summed E-state index contributed by atoms with van der Waals surface area (Å²) in [6.45, 7) is 8.67. The summed E-state index contributed by atoms with van der Waals surface area (Å²) >= 11 is 0. The lowest BCUT2D eigenvalue weighted by Gasteiger charge is -2.24. The molecule has 0 spiro atoms. The van der Waals surface area contributed by atoms with E-state index < -0.39 is 0 Å². The number of hydrazine groups is 1. The van der Waals surface area contributed by atoms with Gasteiger partial charge in [0.05, 0.1) is 29.5 Å². The molecular formula is C29H43N5O2. The number of benzene rings is 1. The van der Waals surface area contributed by atoms with Gasteiger partial charge in [-0.1, -0.05) is 24.3 Å². The van der Waals surface area contributed by atoms with Crippen molar-refractivity contribution in [1.29, 1.82) is 0 Å². The van der Waals surface area contributed by atoms with E-state index >= 15 is 0 Å². The summed E-state index contributed by atoms with van der Waals surface area (Å²) in [6.07, 6.45) is 7.31. The first-order valence-electron chi connectivity index (χ1n) is 13.5. The summed E-state index contributed by atoms with van der Waals surface area (Å²) in [5, 5.41) is 5.33. The monoisotopic (exact) mass is 493 g/mol. The minimum absolute atomic E-state index is 0.160. The van der Waals surface area contributed by atoms with E-state index in [0.29, 0.717) is 6.04 Å². The standard InChI is InChI=1S/C29H43N5O2/c1-21(2)32-33-26-11-6-5-10-25-29(26)28(36-24-12-16-35-17-13-24)19-27(31-25)23-9-7-8-22(18-23)20-34(4)15-14-30-3/h7-10,18-19,21,24,30,32-33H,5-6,11-17,20H2,1-4H3. The van der Waals surface area contributed by atoms with E-state index in [1.807, 2.05) is 7.05 Å². The lowest BCUT2D eigenvalue weighted by Crippen LogP contribution is -2.43. The van der Waals surface area contributed by atoms with E-state index in [1.165, 1.54) is 5.56 Å². The van der Waals surface area contributed by atoms with E-state index in [4.69, 9.17) is 14.5 Å². The molecule has 36 heavy (non-hydrogen) atoms. The van der Waals surface area contributed by atoms with Gasteiger partial charge in [-0.3, -0.25) is 0 Å². The minimum Gasteiger partial charge on any atom is -0.489 e. The van der Waals surface area contributed by atoms with Crippen LogP contribution in [-0.4, -0.2) is 62.4 Å². The van der Waals surface area contributed by atoms with Crippen LogP contribution in [0.15, 0.2) is 30.3 Å². The zero-order valence-electron chi connectivity index (χ0n) is 22.4. The molecule has 1 saturated heterocycles. The van der Waals surface area contributed by atoms with Crippen LogP contribution in [-0.2, 0) is 11.3 Å². The molecule has 1 aromatic heterocycles. The summed E-state index contributed by atoms with van der Waals surface area (Å²) in [4.78, 5) is 7.51. The molecule has 7 nitrogen and oxygen atoms in total. The van der Waals surface area contributed by atoms with Crippen LogP contribution in [0, 0.1) is 0 Å². The van der Waals surface area contributed by atoms with E-state index in [0.717, 1.165) is 98.2 Å². The fourth-order valence-corrected chi connectivity index (χ4v) is 4.73. The van der Waals surface area contributed by atoms with E-state index in [-0.39, 0.29) is 6.10 Å². The van der Waals surface area contributed by atoms with Crippen molar-refractivity contribution in [2.75, 3.05) is 40.4 Å². The number of hydrogen-bond acceptors (Lipinski definition) is 7. The summed E-state index contributed by atoms with van der Waals surface area (Å²) in [5.41, 5.74) is 11.4. The first kappa shape index (κ1) is 26.6. The van der Waals surface area contributed by atoms with Crippen molar-refractivity contribution in [2.45, 2.75) is 64.6 Å². The third-order valence-corrected chi connectivity index (χ3v) is 6.67. The maximum atomic E-state index is 6.70. The molecule has 0 amide bonds. The number of ether oxygens (including phenoxy) is 2. The average molecular weight is 494 g/mol. The van der Waals surface area contributed by atoms with Crippen LogP contribution in [0.4, 0.5) is 0 Å². The maximum Gasteiger partial charge on any atom is 0.133 e. The SMILES string of the molecule is CNCCN(C)Cc1cccc(-c2cc(OC3CCOCC3)c3c(n2)=CCCCC=3NNC(C)C)c1. The van der Waals surface area contributed by atoms with Crippen molar-refractivity contribution in [3.63, 3.8) is 0 Å². The Hall–Kier alpha value is -2.45. The second kappa shape index (κ2) is 13.2. The minimum atomic E-state index is 0.160. The number of likely N-dealkylation sites (N-methyl/N-ethyl adjacent to an activating group) is 2. The number of nitrogens with zero attached hydrogens (tertiary/aromatic N) is 2. The topological polar surface area (TPSA) is 70.7 Å². The van der Waals surface area contributed by atoms with Crippen molar-refractivity contribution in [1.82, 2.24) is 26.1 Å². The van der Waals surface area contributed by atoms with Crippen LogP contribution < -0.4 is 31.5 Å². The van der Waals surface area contributed by atoms with Crippen LogP contribution >= 0.6 is 0 Å². The highest BCUT2D eigenvalue weighted by molar-refractivity contribution is 5.63. The third kappa shape index (κ3) is 7.29. The van der Waals surface area contributed by atoms with Gasteiger partial charge in [0.1, 0.15) is 11.9 Å². The number of aromatic nitrogens is 1. The van der Waals surface area contributed by atoms with Crippen LogP contribution in [0.3, 0.4) is 0 Å². The predicted molar refractivity (Wildman–Crippen MR) is 147 cm³/mol. The Balaban J connectivity index is 1.74. The Bertz CT molecular complexity index is 1110. The molecule has 2 aromatic rings. The summed E-state index contributed by atoms with van der Waals surface area (Å²) in [5.74, 6) is 0.921. The summed E-state index contributed by atoms with van der Waals surface area (Å²) in [7, 11) is 4.15. The quantitative estimate of drug-likeness (QED) is 0.416. The average Bonchev–Trinajstić information content (AvgIpc) is 3.09. The normalized spacial score (nSPS) is 16.6. The zero-order valence-corrected chi connectivity index (χ0v) is 22.4. The molecule has 2 heterocycles. The third-order valence-electron chi connectivity index (χ3n) is 6.67. The molecule has 1 aliphatic carbocycles. The number of pyridine rings is 1. The van der Waals surface area contributed by atoms with Crippen molar-refractivity contribution >= 4 is 11.8 Å². The Morgan fingerprint density at radius 1 is 1.19 bits per heavy atom. The number of fused-ring (bicyclic) bond motifs is 1. The van der Waals surface area contributed by atoms with Gasteiger partial charge >= 0.3 is 0 Å². The highest BCUT2D eigenvalue weighted by Crippen LogP contribution is 2.23. The van der Waals surface area contributed by atoms with Gasteiger partial charge in [-0.05, 0) is 58.8 Å². The lowest BCUT2D eigenvalue weighted by molar-refractivity contribution is 0.0251. The molecule has 0 atom stereocenters. The molecular weight excluding hydrogens is 450 g/mol. The first-order chi connectivity index (χ1) is 17.5. The Kier molecular flexibility index (Phi) is 9.75. The van der Waals surface area contributed by atoms with Gasteiger partial charge in [-0.25, -0.2) is 10.4 Å². The Morgan fingerprint density at radius 3 is 2.81 bits per heavy atom. The highest BCUT2D eigenvalue weighted by Gasteiger charge is 2.19. The first-order valence-corrected chi connectivity index (χ1v) is 13.5. The number of nitrogens with one attached hydrogen (secondary N) is 3. The van der Waals surface area contributed by atoms with Gasteiger partial charge in [0.15, 0.2) is 0 Å². The molecule has 196 valence electrons. The Morgan fingerprint density at radius 2 is 2.03 bits per heavy atom. The molecule has 0 saturated carbocycles. The fraction of sp³-hybridized carbons (Fsp3) is 0.552. The lowest BCUT2D eigenvalue weighted by atomic mass is 10.1. The van der Waals surface area contributed by atoms with Gasteiger partial charge in [-0.15, -0.1) is 0 Å². The van der Waals surface area contributed by atoms with Gasteiger partial charge < -0.3 is 25.1 Å². The highest BCUT2D eigenvalue weighted by atomic mass is 16.5. The molecule has 3 N–H and O–H groups in total. The molecule has 0 radical (unpaired) electrons. The molecule has 1 aromatic carbocycles.